The van der Waals surface area contributed by atoms with Crippen LogP contribution in [0.5, 0.6) is 0 Å². The lowest BCUT2D eigenvalue weighted by Gasteiger charge is -2.23. The van der Waals surface area contributed by atoms with E-state index in [0.29, 0.717) is 25.7 Å². The number of esters is 1. The maximum Gasteiger partial charge on any atom is 0.305 e. The number of alkyl halides is 2. The Morgan fingerprint density at radius 3 is 2.35 bits per heavy atom. The number of aliphatic hydroxyl groups excluding tert-OH is 2. The van der Waals surface area contributed by atoms with Gasteiger partial charge in [0.15, 0.2) is 0 Å². The van der Waals surface area contributed by atoms with Crippen LogP contribution in [0.15, 0.2) is 12.2 Å². The highest BCUT2D eigenvalue weighted by Crippen LogP contribution is 2.39. The first-order valence-corrected chi connectivity index (χ1v) is 11.2. The Morgan fingerprint density at radius 1 is 1.03 bits per heavy atom. The molecule has 182 valence electrons. The Kier molecular flexibility index (Phi) is 14.8. The minimum atomic E-state index is -3.30. The third-order valence-electron chi connectivity index (χ3n) is 6.03. The lowest BCUT2D eigenvalue weighted by molar-refractivity contribution is -0.144. The van der Waals surface area contributed by atoms with Crippen molar-refractivity contribution in [3.8, 4) is 0 Å². The lowest BCUT2D eigenvalue weighted by atomic mass is 9.85. The van der Waals surface area contributed by atoms with Gasteiger partial charge in [0.05, 0.1) is 19.3 Å². The van der Waals surface area contributed by atoms with E-state index < -0.39 is 30.3 Å². The van der Waals surface area contributed by atoms with E-state index in [2.05, 4.69) is 4.74 Å². The van der Waals surface area contributed by atoms with Gasteiger partial charge >= 0.3 is 11.9 Å². The summed E-state index contributed by atoms with van der Waals surface area (Å²) < 4.78 is 32.4. The summed E-state index contributed by atoms with van der Waals surface area (Å²) in [6.07, 6.45) is 7.57. The van der Waals surface area contributed by atoms with Crippen molar-refractivity contribution in [2.24, 2.45) is 11.8 Å². The Morgan fingerprint density at radius 2 is 1.71 bits per heavy atom. The van der Waals surface area contributed by atoms with E-state index in [1.165, 1.54) is 7.11 Å². The second kappa shape index (κ2) is 15.5. The molecule has 0 aromatic rings. The van der Waals surface area contributed by atoms with E-state index in [0.717, 1.165) is 25.7 Å². The Hall–Kier alpha value is -1.34. The SMILES string of the molecule is C.CCCCC(F)(F)C(=O)CC[C@@H]1[C@@H](C/C=C\CCCCCC(=O)OC)[C@@H](O)C[C@H]1O. The highest BCUT2D eigenvalue weighted by molar-refractivity contribution is 5.85. The molecule has 4 atom stereocenters. The summed E-state index contributed by atoms with van der Waals surface area (Å²) in [6.45, 7) is 1.80. The second-order valence-corrected chi connectivity index (χ2v) is 8.35. The lowest BCUT2D eigenvalue weighted by Crippen LogP contribution is -2.30. The third-order valence-corrected chi connectivity index (χ3v) is 6.03. The Balaban J connectivity index is 0.00000900. The minimum absolute atomic E-state index is 0. The summed E-state index contributed by atoms with van der Waals surface area (Å²) in [5.41, 5.74) is 0. The molecular weight excluding hydrogens is 406 g/mol. The molecule has 0 radical (unpaired) electrons. The predicted molar refractivity (Wildman–Crippen MR) is 118 cm³/mol. The van der Waals surface area contributed by atoms with E-state index in [1.54, 1.807) is 6.92 Å². The topological polar surface area (TPSA) is 83.8 Å². The van der Waals surface area contributed by atoms with Crippen LogP contribution in [0, 0.1) is 11.8 Å². The van der Waals surface area contributed by atoms with Crippen LogP contribution in [0.2, 0.25) is 0 Å². The largest absolute Gasteiger partial charge is 0.469 e. The van der Waals surface area contributed by atoms with Crippen molar-refractivity contribution in [3.05, 3.63) is 12.2 Å². The van der Waals surface area contributed by atoms with Gasteiger partial charge in [-0.1, -0.05) is 39.3 Å². The number of Topliss-reactive ketones (excluding diaryl/α,β-unsaturated/α-hetero) is 1. The maximum absolute atomic E-state index is 13.9. The van der Waals surface area contributed by atoms with Crippen molar-refractivity contribution in [2.45, 2.75) is 110 Å². The normalized spacial score (nSPS) is 23.7. The molecule has 1 aliphatic carbocycles. The van der Waals surface area contributed by atoms with Crippen LogP contribution in [0.1, 0.15) is 91.4 Å². The molecule has 0 saturated heterocycles. The molecule has 7 heteroatoms. The molecule has 1 rings (SSSR count). The second-order valence-electron chi connectivity index (χ2n) is 8.35. The number of ketones is 1. The monoisotopic (exact) mass is 448 g/mol. The number of carbonyl (C=O) groups is 2. The van der Waals surface area contributed by atoms with Crippen LogP contribution in [-0.4, -0.2) is 47.2 Å². The van der Waals surface area contributed by atoms with E-state index >= 15 is 0 Å². The van der Waals surface area contributed by atoms with Gasteiger partial charge in [0.2, 0.25) is 5.78 Å². The zero-order valence-electron chi connectivity index (χ0n) is 18.3. The molecule has 0 spiro atoms. The molecule has 31 heavy (non-hydrogen) atoms. The third kappa shape index (κ3) is 10.7. The fourth-order valence-corrected chi connectivity index (χ4v) is 4.11. The van der Waals surface area contributed by atoms with Gasteiger partial charge in [-0.05, 0) is 56.8 Å². The molecule has 5 nitrogen and oxygen atoms in total. The number of ether oxygens (including phenoxy) is 1. The number of allylic oxidation sites excluding steroid dienone is 2. The number of carbonyl (C=O) groups excluding carboxylic acids is 2. The van der Waals surface area contributed by atoms with E-state index in [-0.39, 0.29) is 44.5 Å². The molecule has 0 heterocycles. The molecule has 1 saturated carbocycles. The van der Waals surface area contributed by atoms with Crippen LogP contribution in [-0.2, 0) is 14.3 Å². The van der Waals surface area contributed by atoms with Crippen LogP contribution in [0.3, 0.4) is 0 Å². The Labute approximate surface area is 186 Å². The standard InChI is InChI=1S/C23H38F2O5.CH4/c1-3-4-15-23(24,25)21(28)14-13-18-17(19(26)16-20(18)27)11-9-7-5-6-8-10-12-22(29)30-2;/h7,9,17-20,26-27H,3-6,8,10-16H2,1-2H3;1H4/b9-7-;/t17-,18-,19+,20-;/m1./s1. The zero-order chi connectivity index (χ0) is 22.6. The van der Waals surface area contributed by atoms with E-state index in [1.807, 2.05) is 12.2 Å². The first kappa shape index (κ1) is 29.7. The first-order valence-electron chi connectivity index (χ1n) is 11.2. The maximum atomic E-state index is 13.9. The quantitative estimate of drug-likeness (QED) is 0.204. The molecule has 0 unspecified atom stereocenters. The molecule has 1 aliphatic rings. The number of methoxy groups -OCH3 is 1. The van der Waals surface area contributed by atoms with Gasteiger partial charge in [-0.25, -0.2) is 0 Å². The summed E-state index contributed by atoms with van der Waals surface area (Å²) >= 11 is 0. The van der Waals surface area contributed by atoms with Gasteiger partial charge in [0, 0.05) is 19.3 Å². The summed E-state index contributed by atoms with van der Waals surface area (Å²) in [5.74, 6) is -5.15. The Bertz CT molecular complexity index is 550. The number of unbranched alkanes of at least 4 members (excludes halogenated alkanes) is 4. The minimum Gasteiger partial charge on any atom is -0.469 e. The van der Waals surface area contributed by atoms with Gasteiger partial charge in [0.1, 0.15) is 0 Å². The fraction of sp³-hybridized carbons (Fsp3) is 0.833. The van der Waals surface area contributed by atoms with Gasteiger partial charge in [-0.3, -0.25) is 9.59 Å². The fourth-order valence-electron chi connectivity index (χ4n) is 4.11. The average Bonchev–Trinajstić information content (AvgIpc) is 2.98. The number of hydrogen-bond donors (Lipinski definition) is 2. The highest BCUT2D eigenvalue weighted by Gasteiger charge is 2.43. The van der Waals surface area contributed by atoms with Crippen molar-refractivity contribution >= 4 is 11.8 Å². The number of aliphatic hydroxyl groups is 2. The van der Waals surface area contributed by atoms with Gasteiger partial charge < -0.3 is 14.9 Å². The molecule has 0 bridgehead atoms. The van der Waals surface area contributed by atoms with Gasteiger partial charge in [0.25, 0.3) is 0 Å². The van der Waals surface area contributed by atoms with Gasteiger partial charge in [-0.2, -0.15) is 8.78 Å². The predicted octanol–water partition coefficient (Wildman–Crippen LogP) is 5.23. The van der Waals surface area contributed by atoms with E-state index in [9.17, 15) is 28.6 Å². The van der Waals surface area contributed by atoms with Crippen molar-refractivity contribution in [1.82, 2.24) is 0 Å². The molecule has 0 aromatic heterocycles. The van der Waals surface area contributed by atoms with Crippen LogP contribution < -0.4 is 0 Å². The van der Waals surface area contributed by atoms with Crippen molar-refractivity contribution in [1.29, 1.82) is 0 Å². The average molecular weight is 449 g/mol. The number of rotatable bonds is 15. The summed E-state index contributed by atoms with van der Waals surface area (Å²) in [7, 11) is 1.38. The molecule has 1 fully saturated rings. The molecule has 0 amide bonds. The molecule has 2 N–H and O–H groups in total. The van der Waals surface area contributed by atoms with Crippen LogP contribution in [0.4, 0.5) is 8.78 Å². The van der Waals surface area contributed by atoms with E-state index in [4.69, 9.17) is 0 Å². The first-order chi connectivity index (χ1) is 14.2. The molecular formula is C24H42F2O5. The number of hydrogen-bond acceptors (Lipinski definition) is 5. The number of halogens is 2. The zero-order valence-corrected chi connectivity index (χ0v) is 18.3. The van der Waals surface area contributed by atoms with Gasteiger partial charge in [-0.15, -0.1) is 0 Å². The van der Waals surface area contributed by atoms with Crippen molar-refractivity contribution in [2.75, 3.05) is 7.11 Å². The summed E-state index contributed by atoms with van der Waals surface area (Å²) in [4.78, 5) is 23.0. The summed E-state index contributed by atoms with van der Waals surface area (Å²) in [6, 6.07) is 0. The van der Waals surface area contributed by atoms with Crippen LogP contribution >= 0.6 is 0 Å². The smallest absolute Gasteiger partial charge is 0.305 e. The van der Waals surface area contributed by atoms with Crippen molar-refractivity contribution < 1.29 is 33.3 Å². The molecule has 0 aliphatic heterocycles. The van der Waals surface area contributed by atoms with Crippen molar-refractivity contribution in [3.63, 3.8) is 0 Å². The van der Waals surface area contributed by atoms with Crippen LogP contribution in [0.25, 0.3) is 0 Å². The highest BCUT2D eigenvalue weighted by atomic mass is 19.3. The molecule has 0 aromatic carbocycles. The summed E-state index contributed by atoms with van der Waals surface area (Å²) in [5, 5.41) is 20.5.